The highest BCUT2D eigenvalue weighted by Crippen LogP contribution is 2.31. The molecule has 0 radical (unpaired) electrons. The molecule has 1 amide bonds. The predicted octanol–water partition coefficient (Wildman–Crippen LogP) is 5.56. The Bertz CT molecular complexity index is 1180. The number of amides is 1. The van der Waals surface area contributed by atoms with Gasteiger partial charge in [0.2, 0.25) is 11.0 Å². The van der Waals surface area contributed by atoms with Gasteiger partial charge in [-0.15, -0.1) is 10.2 Å². The summed E-state index contributed by atoms with van der Waals surface area (Å²) in [6.45, 7) is 1.86. The minimum absolute atomic E-state index is 0.0761. The van der Waals surface area contributed by atoms with Gasteiger partial charge in [-0.3, -0.25) is 4.79 Å². The molecule has 0 saturated heterocycles. The highest BCUT2D eigenvalue weighted by Gasteiger charge is 2.17. The molecule has 0 aliphatic carbocycles. The lowest BCUT2D eigenvalue weighted by molar-refractivity contribution is -0.115. The number of nitrogens with one attached hydrogen (secondary N) is 2. The van der Waals surface area contributed by atoms with Crippen LogP contribution in [0.5, 0.6) is 5.75 Å². The number of thioether (sulfide) groups is 1. The van der Waals surface area contributed by atoms with Crippen LogP contribution in [0.4, 0.5) is 16.5 Å². The topological polar surface area (TPSA) is 76.1 Å². The molecule has 6 nitrogen and oxygen atoms in total. The van der Waals surface area contributed by atoms with Gasteiger partial charge in [-0.1, -0.05) is 59.5 Å². The summed E-state index contributed by atoms with van der Waals surface area (Å²) in [5.41, 5.74) is 1.65. The van der Waals surface area contributed by atoms with Crippen molar-refractivity contribution in [3.05, 3.63) is 66.7 Å². The molecule has 0 spiro atoms. The number of benzene rings is 3. The van der Waals surface area contributed by atoms with Crippen LogP contribution in [0.1, 0.15) is 6.92 Å². The highest BCUT2D eigenvalue weighted by molar-refractivity contribution is 8.02. The third-order valence-electron chi connectivity index (χ3n) is 4.39. The minimum Gasteiger partial charge on any atom is -0.497 e. The molecule has 152 valence electrons. The summed E-state index contributed by atoms with van der Waals surface area (Å²) in [4.78, 5) is 12.6. The molecule has 1 aromatic heterocycles. The number of rotatable bonds is 7. The van der Waals surface area contributed by atoms with Crippen molar-refractivity contribution in [2.24, 2.45) is 0 Å². The van der Waals surface area contributed by atoms with Crippen LogP contribution in [-0.2, 0) is 4.79 Å². The molecule has 0 fully saturated rings. The lowest BCUT2D eigenvalue weighted by Crippen LogP contribution is -2.22. The third kappa shape index (κ3) is 4.90. The molecule has 3 aromatic carbocycles. The lowest BCUT2D eigenvalue weighted by atomic mass is 10.1. The molecule has 1 atom stereocenters. The molecule has 0 saturated carbocycles. The summed E-state index contributed by atoms with van der Waals surface area (Å²) in [5, 5.41) is 17.1. The fourth-order valence-corrected chi connectivity index (χ4v) is 4.76. The molecule has 4 aromatic rings. The van der Waals surface area contributed by atoms with E-state index in [0.717, 1.165) is 32.2 Å². The van der Waals surface area contributed by atoms with Gasteiger partial charge in [-0.05, 0) is 42.0 Å². The van der Waals surface area contributed by atoms with E-state index in [9.17, 15) is 4.79 Å². The largest absolute Gasteiger partial charge is 0.497 e. The van der Waals surface area contributed by atoms with E-state index in [0.29, 0.717) is 5.13 Å². The molecule has 0 aliphatic heterocycles. The first-order valence-electron chi connectivity index (χ1n) is 9.31. The second kappa shape index (κ2) is 9.15. The highest BCUT2D eigenvalue weighted by atomic mass is 32.2. The molecule has 2 N–H and O–H groups in total. The summed E-state index contributed by atoms with van der Waals surface area (Å²) in [7, 11) is 1.63. The fraction of sp³-hybridized carbons (Fsp3) is 0.136. The zero-order chi connectivity index (χ0) is 20.9. The van der Waals surface area contributed by atoms with Crippen LogP contribution in [0.2, 0.25) is 0 Å². The Hall–Kier alpha value is -3.10. The van der Waals surface area contributed by atoms with Crippen LogP contribution < -0.4 is 15.4 Å². The quantitative estimate of drug-likeness (QED) is 0.369. The van der Waals surface area contributed by atoms with Gasteiger partial charge in [0, 0.05) is 17.4 Å². The van der Waals surface area contributed by atoms with Gasteiger partial charge in [0.05, 0.1) is 12.4 Å². The van der Waals surface area contributed by atoms with E-state index < -0.39 is 0 Å². The van der Waals surface area contributed by atoms with Gasteiger partial charge in [-0.2, -0.15) is 0 Å². The molecule has 0 bridgehead atoms. The van der Waals surface area contributed by atoms with Crippen molar-refractivity contribution in [3.8, 4) is 5.75 Å². The third-order valence-corrected chi connectivity index (χ3v) is 6.41. The van der Waals surface area contributed by atoms with E-state index in [2.05, 4.69) is 20.8 Å². The first-order chi connectivity index (χ1) is 14.6. The number of methoxy groups -OCH3 is 1. The number of anilines is 3. The van der Waals surface area contributed by atoms with Crippen LogP contribution in [-0.4, -0.2) is 28.5 Å². The lowest BCUT2D eigenvalue weighted by Gasteiger charge is -2.11. The minimum atomic E-state index is -0.311. The molecule has 8 heteroatoms. The maximum atomic E-state index is 12.6. The maximum absolute atomic E-state index is 12.6. The molecule has 30 heavy (non-hydrogen) atoms. The number of carbonyl (C=O) groups is 1. The number of fused-ring (bicyclic) bond motifs is 1. The van der Waals surface area contributed by atoms with Crippen LogP contribution in [0.25, 0.3) is 10.8 Å². The number of ether oxygens (including phenoxy) is 1. The Morgan fingerprint density at radius 1 is 1.00 bits per heavy atom. The summed E-state index contributed by atoms with van der Waals surface area (Å²) in [6, 6.07) is 21.5. The Kier molecular flexibility index (Phi) is 6.15. The first kappa shape index (κ1) is 20.2. The Balaban J connectivity index is 1.37. The van der Waals surface area contributed by atoms with Gasteiger partial charge < -0.3 is 15.4 Å². The second-order valence-electron chi connectivity index (χ2n) is 6.54. The van der Waals surface area contributed by atoms with Crippen molar-refractivity contribution in [2.75, 3.05) is 17.7 Å². The molecule has 4 rings (SSSR count). The van der Waals surface area contributed by atoms with Gasteiger partial charge in [-0.25, -0.2) is 0 Å². The van der Waals surface area contributed by atoms with Crippen molar-refractivity contribution in [1.29, 1.82) is 0 Å². The average molecular weight is 437 g/mol. The molecule has 0 aliphatic rings. The van der Waals surface area contributed by atoms with Crippen molar-refractivity contribution in [1.82, 2.24) is 10.2 Å². The number of aromatic nitrogens is 2. The summed E-state index contributed by atoms with van der Waals surface area (Å²) < 4.78 is 5.95. The van der Waals surface area contributed by atoms with Gasteiger partial charge >= 0.3 is 0 Å². The van der Waals surface area contributed by atoms with Crippen molar-refractivity contribution >= 4 is 56.3 Å². The van der Waals surface area contributed by atoms with Crippen LogP contribution in [0.15, 0.2) is 71.1 Å². The van der Waals surface area contributed by atoms with Crippen molar-refractivity contribution in [3.63, 3.8) is 0 Å². The van der Waals surface area contributed by atoms with Crippen LogP contribution in [0, 0.1) is 0 Å². The molecule has 1 unspecified atom stereocenters. The smallest absolute Gasteiger partial charge is 0.237 e. The van der Waals surface area contributed by atoms with Crippen LogP contribution in [0.3, 0.4) is 0 Å². The van der Waals surface area contributed by atoms with E-state index >= 15 is 0 Å². The predicted molar refractivity (Wildman–Crippen MR) is 124 cm³/mol. The zero-order valence-electron chi connectivity index (χ0n) is 16.5. The SMILES string of the molecule is COc1cccc(Nc2nnc(SC(C)C(=O)Nc3ccc4ccccc4c3)s2)c1. The number of hydrogen-bond donors (Lipinski definition) is 2. The molecule has 1 heterocycles. The van der Waals surface area contributed by atoms with E-state index in [1.807, 2.05) is 73.7 Å². The van der Waals surface area contributed by atoms with Crippen molar-refractivity contribution in [2.45, 2.75) is 16.5 Å². The van der Waals surface area contributed by atoms with E-state index in [4.69, 9.17) is 4.74 Å². The summed E-state index contributed by atoms with van der Waals surface area (Å²) >= 11 is 2.79. The Morgan fingerprint density at radius 3 is 2.67 bits per heavy atom. The average Bonchev–Trinajstić information content (AvgIpc) is 3.20. The molecular formula is C22H20N4O2S2. The van der Waals surface area contributed by atoms with E-state index in [-0.39, 0.29) is 11.2 Å². The number of hydrogen-bond acceptors (Lipinski definition) is 7. The van der Waals surface area contributed by atoms with E-state index in [1.165, 1.54) is 23.1 Å². The Morgan fingerprint density at radius 2 is 1.83 bits per heavy atom. The van der Waals surface area contributed by atoms with Crippen molar-refractivity contribution < 1.29 is 9.53 Å². The van der Waals surface area contributed by atoms with Crippen LogP contribution >= 0.6 is 23.1 Å². The van der Waals surface area contributed by atoms with Gasteiger partial charge in [0.1, 0.15) is 5.75 Å². The normalized spacial score (nSPS) is 11.8. The van der Waals surface area contributed by atoms with Gasteiger partial charge in [0.15, 0.2) is 4.34 Å². The summed E-state index contributed by atoms with van der Waals surface area (Å²) in [6.07, 6.45) is 0. The zero-order valence-corrected chi connectivity index (χ0v) is 18.1. The second-order valence-corrected chi connectivity index (χ2v) is 9.11. The fourth-order valence-electron chi connectivity index (χ4n) is 2.85. The number of carbonyl (C=O) groups excluding carboxylic acids is 1. The monoisotopic (exact) mass is 436 g/mol. The molecular weight excluding hydrogens is 416 g/mol. The Labute approximate surface area is 182 Å². The standard InChI is InChI=1S/C22H20N4O2S2/c1-14(20(27)23-18-11-10-15-6-3-4-7-16(15)12-18)29-22-26-25-21(30-22)24-17-8-5-9-19(13-17)28-2/h3-14H,1-2H3,(H,23,27)(H,24,25). The van der Waals surface area contributed by atoms with Gasteiger partial charge in [0.25, 0.3) is 0 Å². The summed E-state index contributed by atoms with van der Waals surface area (Å²) in [5.74, 6) is 0.686. The first-order valence-corrected chi connectivity index (χ1v) is 11.0. The van der Waals surface area contributed by atoms with E-state index in [1.54, 1.807) is 7.11 Å². The number of nitrogens with zero attached hydrogens (tertiary/aromatic N) is 2. The maximum Gasteiger partial charge on any atom is 0.237 e.